The van der Waals surface area contributed by atoms with Crippen LogP contribution in [0.1, 0.15) is 6.42 Å². The summed E-state index contributed by atoms with van der Waals surface area (Å²) in [6.45, 7) is 0.259. The predicted molar refractivity (Wildman–Crippen MR) is 64.1 cm³/mol. The number of anilines is 1. The van der Waals surface area contributed by atoms with E-state index in [-0.39, 0.29) is 13.0 Å². The van der Waals surface area contributed by atoms with Gasteiger partial charge in [0, 0.05) is 6.54 Å². The van der Waals surface area contributed by atoms with Gasteiger partial charge in [-0.25, -0.2) is 0 Å². The summed E-state index contributed by atoms with van der Waals surface area (Å²) in [5.74, 6) is 0.261. The number of hydrogen-bond donors (Lipinski definition) is 2. The fourth-order valence-electron chi connectivity index (χ4n) is 1.37. The molecule has 0 aliphatic heterocycles. The third-order valence-electron chi connectivity index (χ3n) is 2.27. The van der Waals surface area contributed by atoms with E-state index in [9.17, 15) is 9.90 Å². The lowest BCUT2D eigenvalue weighted by Crippen LogP contribution is -2.23. The van der Waals surface area contributed by atoms with Gasteiger partial charge in [0.25, 0.3) is 0 Å². The lowest BCUT2D eigenvalue weighted by molar-refractivity contribution is -0.142. The highest BCUT2D eigenvalue weighted by Crippen LogP contribution is 2.22. The first-order valence-electron chi connectivity index (χ1n) is 5.29. The predicted octanol–water partition coefficient (Wildman–Crippen LogP) is 1.03. The van der Waals surface area contributed by atoms with Gasteiger partial charge in [0.1, 0.15) is 5.75 Å². The van der Waals surface area contributed by atoms with Gasteiger partial charge in [0.15, 0.2) is 0 Å². The van der Waals surface area contributed by atoms with Crippen LogP contribution in [0.4, 0.5) is 5.69 Å². The maximum atomic E-state index is 10.9. The number of ether oxygens (including phenoxy) is 2. The lowest BCUT2D eigenvalue weighted by Gasteiger charge is -2.13. The fourth-order valence-corrected chi connectivity index (χ4v) is 1.37. The minimum absolute atomic E-state index is 0.0291. The van der Waals surface area contributed by atoms with E-state index in [4.69, 9.17) is 4.74 Å². The highest BCUT2D eigenvalue weighted by Gasteiger charge is 2.11. The lowest BCUT2D eigenvalue weighted by atomic mass is 10.2. The molecule has 0 aliphatic rings. The summed E-state index contributed by atoms with van der Waals surface area (Å²) in [4.78, 5) is 10.9. The van der Waals surface area contributed by atoms with Gasteiger partial charge in [-0.05, 0) is 12.1 Å². The van der Waals surface area contributed by atoms with Crippen LogP contribution in [0, 0.1) is 0 Å². The maximum absolute atomic E-state index is 10.9. The number of esters is 1. The van der Waals surface area contributed by atoms with Crippen LogP contribution < -0.4 is 10.1 Å². The van der Waals surface area contributed by atoms with Gasteiger partial charge in [-0.1, -0.05) is 12.1 Å². The van der Waals surface area contributed by atoms with Crippen LogP contribution in [0.5, 0.6) is 5.75 Å². The average Bonchev–Trinajstić information content (AvgIpc) is 2.36. The highest BCUT2D eigenvalue weighted by atomic mass is 16.5. The van der Waals surface area contributed by atoms with Crippen molar-refractivity contribution in [3.63, 3.8) is 0 Å². The summed E-state index contributed by atoms with van der Waals surface area (Å²) in [5.41, 5.74) is 0.777. The second-order valence-corrected chi connectivity index (χ2v) is 3.52. The van der Waals surface area contributed by atoms with Crippen molar-refractivity contribution in [3.05, 3.63) is 24.3 Å². The SMILES string of the molecule is COC(=O)CC(O)CNc1ccccc1OC. The summed E-state index contributed by atoms with van der Waals surface area (Å²) in [6.07, 6.45) is -0.814. The van der Waals surface area contributed by atoms with Crippen LogP contribution in [-0.4, -0.2) is 37.9 Å². The van der Waals surface area contributed by atoms with Crippen molar-refractivity contribution in [1.29, 1.82) is 0 Å². The minimum Gasteiger partial charge on any atom is -0.495 e. The first-order chi connectivity index (χ1) is 8.17. The molecule has 0 heterocycles. The number of nitrogens with one attached hydrogen (secondary N) is 1. The zero-order valence-electron chi connectivity index (χ0n) is 9.97. The third-order valence-corrected chi connectivity index (χ3v) is 2.27. The second kappa shape index (κ2) is 6.75. The molecule has 1 atom stereocenters. The standard InChI is InChI=1S/C12H17NO4/c1-16-11-6-4-3-5-10(11)13-8-9(14)7-12(15)17-2/h3-6,9,13-14H,7-8H2,1-2H3. The van der Waals surface area contributed by atoms with Crippen molar-refractivity contribution < 1.29 is 19.4 Å². The smallest absolute Gasteiger partial charge is 0.308 e. The van der Waals surface area contributed by atoms with Gasteiger partial charge in [0.05, 0.1) is 32.4 Å². The Hall–Kier alpha value is -1.75. The van der Waals surface area contributed by atoms with Crippen molar-refractivity contribution in [3.8, 4) is 5.75 Å². The molecule has 0 bridgehead atoms. The van der Waals surface area contributed by atoms with Crippen molar-refractivity contribution in [1.82, 2.24) is 0 Å². The molecule has 2 N–H and O–H groups in total. The van der Waals surface area contributed by atoms with Gasteiger partial charge in [-0.2, -0.15) is 0 Å². The molecule has 0 radical (unpaired) electrons. The molecule has 0 fully saturated rings. The Morgan fingerprint density at radius 2 is 2.12 bits per heavy atom. The van der Waals surface area contributed by atoms with Gasteiger partial charge >= 0.3 is 5.97 Å². The van der Waals surface area contributed by atoms with Crippen molar-refractivity contribution in [2.75, 3.05) is 26.1 Å². The summed E-state index contributed by atoms with van der Waals surface area (Å²) in [6, 6.07) is 7.37. The van der Waals surface area contributed by atoms with E-state index in [0.717, 1.165) is 5.69 Å². The number of carbonyl (C=O) groups is 1. The highest BCUT2D eigenvalue weighted by molar-refractivity contribution is 5.69. The van der Waals surface area contributed by atoms with Crippen LogP contribution in [0.15, 0.2) is 24.3 Å². The van der Waals surface area contributed by atoms with E-state index in [1.807, 2.05) is 24.3 Å². The van der Waals surface area contributed by atoms with E-state index in [1.165, 1.54) is 7.11 Å². The molecule has 1 rings (SSSR count). The zero-order chi connectivity index (χ0) is 12.7. The van der Waals surface area contributed by atoms with E-state index in [2.05, 4.69) is 10.1 Å². The average molecular weight is 239 g/mol. The van der Waals surface area contributed by atoms with Crippen LogP contribution in [0.2, 0.25) is 0 Å². The molecule has 0 saturated heterocycles. The summed E-state index contributed by atoms with van der Waals surface area (Å²) in [7, 11) is 2.87. The van der Waals surface area contributed by atoms with Crippen LogP contribution >= 0.6 is 0 Å². The molecule has 0 amide bonds. The van der Waals surface area contributed by atoms with E-state index in [1.54, 1.807) is 7.11 Å². The Kier molecular flexibility index (Phi) is 5.29. The van der Waals surface area contributed by atoms with E-state index >= 15 is 0 Å². The van der Waals surface area contributed by atoms with Crippen LogP contribution in [0.25, 0.3) is 0 Å². The largest absolute Gasteiger partial charge is 0.495 e. The quantitative estimate of drug-likeness (QED) is 0.726. The number of rotatable bonds is 6. The number of benzene rings is 1. The van der Waals surface area contributed by atoms with Crippen LogP contribution in [0.3, 0.4) is 0 Å². The van der Waals surface area contributed by atoms with E-state index in [0.29, 0.717) is 5.75 Å². The summed E-state index contributed by atoms with van der Waals surface area (Å²) >= 11 is 0. The number of aliphatic hydroxyl groups excluding tert-OH is 1. The molecule has 1 unspecified atom stereocenters. The zero-order valence-corrected chi connectivity index (χ0v) is 9.97. The van der Waals surface area contributed by atoms with Crippen molar-refractivity contribution in [2.45, 2.75) is 12.5 Å². The van der Waals surface area contributed by atoms with E-state index < -0.39 is 12.1 Å². The van der Waals surface area contributed by atoms with Gasteiger partial charge in [-0.15, -0.1) is 0 Å². The molecule has 0 saturated carbocycles. The first kappa shape index (κ1) is 13.3. The molecule has 94 valence electrons. The fraction of sp³-hybridized carbons (Fsp3) is 0.417. The molecule has 1 aromatic rings. The molecular weight excluding hydrogens is 222 g/mol. The van der Waals surface area contributed by atoms with Gasteiger partial charge in [-0.3, -0.25) is 4.79 Å². The van der Waals surface area contributed by atoms with Gasteiger partial charge in [0.2, 0.25) is 0 Å². The molecule has 1 aromatic carbocycles. The number of para-hydroxylation sites is 2. The van der Waals surface area contributed by atoms with Crippen LogP contribution in [-0.2, 0) is 9.53 Å². The minimum atomic E-state index is -0.785. The number of carbonyl (C=O) groups excluding carboxylic acids is 1. The molecule has 0 aliphatic carbocycles. The molecule has 5 heteroatoms. The summed E-state index contributed by atoms with van der Waals surface area (Å²) < 4.78 is 9.61. The maximum Gasteiger partial charge on any atom is 0.308 e. The molecule has 17 heavy (non-hydrogen) atoms. The Morgan fingerprint density at radius 1 is 1.41 bits per heavy atom. The number of methoxy groups -OCH3 is 2. The third kappa shape index (κ3) is 4.32. The number of hydrogen-bond acceptors (Lipinski definition) is 5. The Balaban J connectivity index is 2.47. The van der Waals surface area contributed by atoms with Gasteiger partial charge < -0.3 is 19.9 Å². The Morgan fingerprint density at radius 3 is 2.76 bits per heavy atom. The topological polar surface area (TPSA) is 67.8 Å². The summed E-state index contributed by atoms with van der Waals surface area (Å²) in [5, 5.41) is 12.6. The number of aliphatic hydroxyl groups is 1. The first-order valence-corrected chi connectivity index (χ1v) is 5.29. The Labute approximate surface area is 100 Å². The molecular formula is C12H17NO4. The molecule has 0 spiro atoms. The Bertz CT molecular complexity index is 367. The van der Waals surface area contributed by atoms with Crippen molar-refractivity contribution >= 4 is 11.7 Å². The normalized spacial score (nSPS) is 11.7. The second-order valence-electron chi connectivity index (χ2n) is 3.52. The molecule has 0 aromatic heterocycles. The van der Waals surface area contributed by atoms with Crippen molar-refractivity contribution in [2.24, 2.45) is 0 Å². The molecule has 5 nitrogen and oxygen atoms in total. The monoisotopic (exact) mass is 239 g/mol.